The van der Waals surface area contributed by atoms with Crippen LogP contribution in [0.3, 0.4) is 0 Å². The van der Waals surface area contributed by atoms with Gasteiger partial charge in [-0.05, 0) is 38.1 Å². The first-order valence-corrected chi connectivity index (χ1v) is 10.4. The third kappa shape index (κ3) is 5.32. The summed E-state index contributed by atoms with van der Waals surface area (Å²) in [4.78, 5) is 21.0. The second kappa shape index (κ2) is 8.73. The molecule has 1 amide bonds. The Morgan fingerprint density at radius 2 is 2.03 bits per heavy atom. The third-order valence-electron chi connectivity index (χ3n) is 5.25. The standard InChI is InChI=1S/C22H24F3N5O3/c1-21(2,32)12-33-18-11-26-10-16(18)29-20(31)15-7-17-13(8-27-15)5-6-30(17)19-4-3-14(9-28-19)22(23,24)25/h3-9,16,18,26,32H,10-12H2,1-2H3,(H,29,31)/t16-,18-/m1/s1. The van der Waals surface area contributed by atoms with Crippen LogP contribution in [-0.4, -0.2) is 63.0 Å². The molecular formula is C22H24F3N5O3. The maximum atomic E-state index is 12.9. The Morgan fingerprint density at radius 3 is 2.70 bits per heavy atom. The number of pyridine rings is 2. The summed E-state index contributed by atoms with van der Waals surface area (Å²) in [6.45, 7) is 4.46. The zero-order chi connectivity index (χ0) is 23.8. The maximum Gasteiger partial charge on any atom is 0.417 e. The van der Waals surface area contributed by atoms with E-state index in [9.17, 15) is 23.1 Å². The highest BCUT2D eigenvalue weighted by Gasteiger charge is 2.32. The van der Waals surface area contributed by atoms with E-state index in [1.165, 1.54) is 12.3 Å². The highest BCUT2D eigenvalue weighted by Crippen LogP contribution is 2.29. The normalized spacial score (nSPS) is 19.2. The van der Waals surface area contributed by atoms with Gasteiger partial charge in [0.1, 0.15) is 11.5 Å². The van der Waals surface area contributed by atoms with Gasteiger partial charge in [0, 0.05) is 37.1 Å². The third-order valence-corrected chi connectivity index (χ3v) is 5.25. The van der Waals surface area contributed by atoms with Crippen LogP contribution in [0, 0.1) is 0 Å². The van der Waals surface area contributed by atoms with E-state index in [-0.39, 0.29) is 30.3 Å². The Labute approximate surface area is 187 Å². The minimum atomic E-state index is -4.47. The number of halogens is 3. The molecule has 0 spiro atoms. The molecule has 4 rings (SSSR count). The second-order valence-electron chi connectivity index (χ2n) is 8.62. The number of carbonyl (C=O) groups is 1. The van der Waals surface area contributed by atoms with Crippen LogP contribution in [0.4, 0.5) is 13.2 Å². The summed E-state index contributed by atoms with van der Waals surface area (Å²) in [7, 11) is 0. The topological polar surface area (TPSA) is 101 Å². The van der Waals surface area contributed by atoms with Gasteiger partial charge in [-0.15, -0.1) is 0 Å². The van der Waals surface area contributed by atoms with Crippen molar-refractivity contribution in [3.05, 3.63) is 54.1 Å². The number of hydrogen-bond acceptors (Lipinski definition) is 6. The summed E-state index contributed by atoms with van der Waals surface area (Å²) >= 11 is 0. The summed E-state index contributed by atoms with van der Waals surface area (Å²) in [5, 5.41) is 16.6. The molecule has 3 N–H and O–H groups in total. The van der Waals surface area contributed by atoms with E-state index in [1.54, 1.807) is 36.7 Å². The summed E-state index contributed by atoms with van der Waals surface area (Å²) in [5.41, 5.74) is -1.08. The molecular weight excluding hydrogens is 439 g/mol. The molecule has 1 fully saturated rings. The van der Waals surface area contributed by atoms with E-state index >= 15 is 0 Å². The van der Waals surface area contributed by atoms with E-state index in [1.807, 2.05) is 0 Å². The van der Waals surface area contributed by atoms with Crippen LogP contribution in [0.15, 0.2) is 42.9 Å². The maximum absolute atomic E-state index is 12.9. The first-order chi connectivity index (χ1) is 15.5. The van der Waals surface area contributed by atoms with Crippen molar-refractivity contribution in [2.24, 2.45) is 0 Å². The first kappa shape index (κ1) is 23.1. The Kier molecular flexibility index (Phi) is 6.12. The van der Waals surface area contributed by atoms with Crippen molar-refractivity contribution < 1.29 is 27.8 Å². The number of nitrogens with zero attached hydrogens (tertiary/aromatic N) is 3. The predicted octanol–water partition coefficient (Wildman–Crippen LogP) is 2.30. The van der Waals surface area contributed by atoms with E-state index in [0.29, 0.717) is 24.0 Å². The summed E-state index contributed by atoms with van der Waals surface area (Å²) in [6.07, 6.45) is -0.811. The van der Waals surface area contributed by atoms with E-state index < -0.39 is 23.2 Å². The molecule has 0 saturated carbocycles. The van der Waals surface area contributed by atoms with E-state index in [2.05, 4.69) is 20.6 Å². The lowest BCUT2D eigenvalue weighted by atomic mass is 10.1. The average Bonchev–Trinajstić information content (AvgIpc) is 3.37. The Bertz CT molecular complexity index is 1140. The number of aliphatic hydroxyl groups is 1. The van der Waals surface area contributed by atoms with Crippen molar-refractivity contribution in [3.8, 4) is 5.82 Å². The van der Waals surface area contributed by atoms with Gasteiger partial charge >= 0.3 is 6.18 Å². The molecule has 1 aliphatic heterocycles. The van der Waals surface area contributed by atoms with Gasteiger partial charge in [0.05, 0.1) is 35.4 Å². The van der Waals surface area contributed by atoms with Crippen molar-refractivity contribution in [2.45, 2.75) is 37.8 Å². The molecule has 0 aromatic carbocycles. The molecule has 0 aliphatic carbocycles. The largest absolute Gasteiger partial charge is 0.417 e. The van der Waals surface area contributed by atoms with Crippen molar-refractivity contribution in [1.29, 1.82) is 0 Å². The lowest BCUT2D eigenvalue weighted by Crippen LogP contribution is -2.45. The second-order valence-corrected chi connectivity index (χ2v) is 8.62. The molecule has 1 aliphatic rings. The fraction of sp³-hybridized carbons (Fsp3) is 0.409. The number of carbonyl (C=O) groups excluding carboxylic acids is 1. The Hall–Kier alpha value is -3.02. The van der Waals surface area contributed by atoms with E-state index in [0.717, 1.165) is 12.3 Å². The van der Waals surface area contributed by atoms with Crippen LogP contribution in [0.5, 0.6) is 0 Å². The van der Waals surface area contributed by atoms with Crippen LogP contribution in [0.1, 0.15) is 29.9 Å². The van der Waals surface area contributed by atoms with Gasteiger partial charge in [-0.1, -0.05) is 0 Å². The molecule has 0 bridgehead atoms. The fourth-order valence-corrected chi connectivity index (χ4v) is 3.57. The molecule has 0 unspecified atom stereocenters. The molecule has 1 saturated heterocycles. The number of nitrogens with one attached hydrogen (secondary N) is 2. The highest BCUT2D eigenvalue weighted by atomic mass is 19.4. The number of fused-ring (bicyclic) bond motifs is 1. The van der Waals surface area contributed by atoms with Crippen LogP contribution >= 0.6 is 0 Å². The van der Waals surface area contributed by atoms with Gasteiger partial charge in [-0.3, -0.25) is 9.78 Å². The quantitative estimate of drug-likeness (QED) is 0.519. The molecule has 3 aromatic heterocycles. The van der Waals surface area contributed by atoms with Gasteiger partial charge < -0.3 is 25.0 Å². The monoisotopic (exact) mass is 463 g/mol. The number of rotatable bonds is 6. The number of aromatic nitrogens is 3. The number of alkyl halides is 3. The molecule has 33 heavy (non-hydrogen) atoms. The summed E-state index contributed by atoms with van der Waals surface area (Å²) in [5.74, 6) is -0.119. The highest BCUT2D eigenvalue weighted by molar-refractivity contribution is 5.96. The van der Waals surface area contributed by atoms with Crippen LogP contribution in [0.2, 0.25) is 0 Å². The fourth-order valence-electron chi connectivity index (χ4n) is 3.57. The van der Waals surface area contributed by atoms with E-state index in [4.69, 9.17) is 4.74 Å². The van der Waals surface area contributed by atoms with Crippen LogP contribution < -0.4 is 10.6 Å². The zero-order valence-electron chi connectivity index (χ0n) is 18.1. The lowest BCUT2D eigenvalue weighted by molar-refractivity contribution is -0.137. The molecule has 8 nitrogen and oxygen atoms in total. The Morgan fingerprint density at radius 1 is 1.24 bits per heavy atom. The van der Waals surface area contributed by atoms with Crippen LogP contribution in [-0.2, 0) is 10.9 Å². The molecule has 0 radical (unpaired) electrons. The van der Waals surface area contributed by atoms with Crippen molar-refractivity contribution >= 4 is 16.8 Å². The van der Waals surface area contributed by atoms with Gasteiger partial charge in [0.2, 0.25) is 0 Å². The molecule has 2 atom stereocenters. The average molecular weight is 463 g/mol. The van der Waals surface area contributed by atoms with Gasteiger partial charge in [-0.2, -0.15) is 13.2 Å². The van der Waals surface area contributed by atoms with Crippen LogP contribution in [0.25, 0.3) is 16.7 Å². The molecule has 11 heteroatoms. The molecule has 3 aromatic rings. The zero-order valence-corrected chi connectivity index (χ0v) is 18.1. The Balaban J connectivity index is 1.53. The first-order valence-electron chi connectivity index (χ1n) is 10.4. The van der Waals surface area contributed by atoms with Gasteiger partial charge in [0.25, 0.3) is 5.91 Å². The number of ether oxygens (including phenoxy) is 1. The smallest absolute Gasteiger partial charge is 0.388 e. The summed E-state index contributed by atoms with van der Waals surface area (Å²) in [6, 6.07) is 5.24. The summed E-state index contributed by atoms with van der Waals surface area (Å²) < 4.78 is 45.8. The molecule has 176 valence electrons. The van der Waals surface area contributed by atoms with Gasteiger partial charge in [-0.25, -0.2) is 4.98 Å². The minimum absolute atomic E-state index is 0.129. The van der Waals surface area contributed by atoms with Gasteiger partial charge in [0.15, 0.2) is 0 Å². The molecule has 4 heterocycles. The minimum Gasteiger partial charge on any atom is -0.388 e. The van der Waals surface area contributed by atoms with Crippen molar-refractivity contribution in [3.63, 3.8) is 0 Å². The van der Waals surface area contributed by atoms with Crippen molar-refractivity contribution in [1.82, 2.24) is 25.2 Å². The number of amides is 1. The lowest BCUT2D eigenvalue weighted by Gasteiger charge is -2.24. The predicted molar refractivity (Wildman–Crippen MR) is 114 cm³/mol. The van der Waals surface area contributed by atoms with Crippen molar-refractivity contribution in [2.75, 3.05) is 19.7 Å². The number of hydrogen-bond donors (Lipinski definition) is 3. The SMILES string of the molecule is CC(C)(O)CO[C@@H]1CNC[C@H]1NC(=O)c1cc2c(ccn2-c2ccc(C(F)(F)F)cn2)cn1.